The van der Waals surface area contributed by atoms with Crippen LogP contribution >= 0.6 is 11.8 Å². The highest BCUT2D eigenvalue weighted by molar-refractivity contribution is 7.98. The molecule has 0 bridgehead atoms. The summed E-state index contributed by atoms with van der Waals surface area (Å²) in [6.45, 7) is 1.90. The van der Waals surface area contributed by atoms with Gasteiger partial charge in [-0.3, -0.25) is 0 Å². The number of nitrogens with zero attached hydrogens (tertiary/aromatic N) is 5. The van der Waals surface area contributed by atoms with Crippen molar-refractivity contribution >= 4 is 11.8 Å². The summed E-state index contributed by atoms with van der Waals surface area (Å²) in [7, 11) is 1.92. The van der Waals surface area contributed by atoms with Crippen LogP contribution in [0, 0.1) is 18.3 Å². The van der Waals surface area contributed by atoms with Gasteiger partial charge in [0.1, 0.15) is 17.6 Å². The first-order valence-corrected chi connectivity index (χ1v) is 6.03. The number of aromatic nitrogens is 4. The lowest BCUT2D eigenvalue weighted by Crippen LogP contribution is -1.95. The minimum Gasteiger partial charge on any atom is -0.309 e. The van der Waals surface area contributed by atoms with Crippen molar-refractivity contribution in [1.29, 1.82) is 5.26 Å². The summed E-state index contributed by atoms with van der Waals surface area (Å²) < 4.78 is 1.92. The van der Waals surface area contributed by atoms with Gasteiger partial charge in [0.25, 0.3) is 0 Å². The Morgan fingerprint density at radius 2 is 2.29 bits per heavy atom. The lowest BCUT2D eigenvalue weighted by atomic mass is 10.2. The maximum Gasteiger partial charge on any atom is 0.191 e. The zero-order valence-corrected chi connectivity index (χ0v) is 10.4. The molecule has 0 aromatic carbocycles. The van der Waals surface area contributed by atoms with Crippen molar-refractivity contribution in [2.75, 3.05) is 0 Å². The Hall–Kier alpha value is -1.87. The third kappa shape index (κ3) is 2.45. The van der Waals surface area contributed by atoms with Crippen molar-refractivity contribution in [1.82, 2.24) is 19.7 Å². The lowest BCUT2D eigenvalue weighted by Gasteiger charge is -2.02. The fraction of sp³-hybridized carbons (Fsp3) is 0.273. The standard InChI is InChI=1S/C11H11N5S/c1-8-14-15-11(16(8)2)17-7-9-4-3-5-13-10(9)6-12/h3-5H,7H2,1-2H3. The van der Waals surface area contributed by atoms with E-state index in [1.54, 1.807) is 18.0 Å². The van der Waals surface area contributed by atoms with Gasteiger partial charge in [0.15, 0.2) is 5.16 Å². The smallest absolute Gasteiger partial charge is 0.191 e. The van der Waals surface area contributed by atoms with Crippen LogP contribution < -0.4 is 0 Å². The second kappa shape index (κ2) is 4.97. The summed E-state index contributed by atoms with van der Waals surface area (Å²) in [5, 5.41) is 17.8. The molecule has 0 aliphatic rings. The minimum atomic E-state index is 0.471. The molecule has 0 fully saturated rings. The first kappa shape index (κ1) is 11.6. The van der Waals surface area contributed by atoms with Crippen molar-refractivity contribution in [3.05, 3.63) is 35.4 Å². The summed E-state index contributed by atoms with van der Waals surface area (Å²) >= 11 is 1.55. The molecule has 0 aliphatic heterocycles. The van der Waals surface area contributed by atoms with Crippen molar-refractivity contribution in [3.63, 3.8) is 0 Å². The summed E-state index contributed by atoms with van der Waals surface area (Å²) in [4.78, 5) is 4.02. The second-order valence-electron chi connectivity index (χ2n) is 3.50. The summed E-state index contributed by atoms with van der Waals surface area (Å²) in [5.74, 6) is 1.54. The van der Waals surface area contributed by atoms with Gasteiger partial charge in [0.05, 0.1) is 0 Å². The topological polar surface area (TPSA) is 67.4 Å². The zero-order chi connectivity index (χ0) is 12.3. The third-order valence-corrected chi connectivity index (χ3v) is 3.48. The van der Waals surface area contributed by atoms with Gasteiger partial charge < -0.3 is 4.57 Å². The summed E-state index contributed by atoms with van der Waals surface area (Å²) in [5.41, 5.74) is 1.39. The highest BCUT2D eigenvalue weighted by Crippen LogP contribution is 2.21. The van der Waals surface area contributed by atoms with Crippen molar-refractivity contribution in [3.8, 4) is 6.07 Å². The van der Waals surface area contributed by atoms with Crippen LogP contribution in [0.2, 0.25) is 0 Å². The highest BCUT2D eigenvalue weighted by Gasteiger charge is 2.08. The molecule has 2 aromatic heterocycles. The van der Waals surface area contributed by atoms with Crippen molar-refractivity contribution in [2.45, 2.75) is 17.8 Å². The summed E-state index contributed by atoms with van der Waals surface area (Å²) in [6, 6.07) is 5.82. The Kier molecular flexibility index (Phi) is 3.40. The highest BCUT2D eigenvalue weighted by atomic mass is 32.2. The molecule has 6 heteroatoms. The van der Waals surface area contributed by atoms with Crippen molar-refractivity contribution < 1.29 is 0 Å². The number of hydrogen-bond acceptors (Lipinski definition) is 5. The van der Waals surface area contributed by atoms with E-state index in [1.807, 2.05) is 30.7 Å². The molecule has 5 nitrogen and oxygen atoms in total. The van der Waals surface area contributed by atoms with Crippen LogP contribution in [-0.4, -0.2) is 19.7 Å². The van der Waals surface area contributed by atoms with Crippen LogP contribution in [0.4, 0.5) is 0 Å². The molecular formula is C11H11N5S. The molecule has 0 saturated carbocycles. The minimum absolute atomic E-state index is 0.471. The SMILES string of the molecule is Cc1nnc(SCc2cccnc2C#N)n1C. The summed E-state index contributed by atoms with van der Waals surface area (Å²) in [6.07, 6.45) is 1.62. The maximum absolute atomic E-state index is 8.92. The van der Waals surface area contributed by atoms with Gasteiger partial charge in [0.2, 0.25) is 0 Å². The van der Waals surface area contributed by atoms with Gasteiger partial charge >= 0.3 is 0 Å². The van der Waals surface area contributed by atoms with E-state index in [4.69, 9.17) is 5.26 Å². The van der Waals surface area contributed by atoms with E-state index < -0.39 is 0 Å². The number of aryl methyl sites for hydroxylation is 1. The number of rotatable bonds is 3. The molecule has 17 heavy (non-hydrogen) atoms. The van der Waals surface area contributed by atoms with Gasteiger partial charge in [-0.15, -0.1) is 10.2 Å². The normalized spacial score (nSPS) is 10.2. The number of nitriles is 1. The Balaban J connectivity index is 2.13. The molecular weight excluding hydrogens is 234 g/mol. The molecule has 0 spiro atoms. The molecule has 0 amide bonds. The van der Waals surface area contributed by atoms with Gasteiger partial charge in [-0.25, -0.2) is 4.98 Å². The molecule has 0 aliphatic carbocycles. The van der Waals surface area contributed by atoms with Crippen LogP contribution in [-0.2, 0) is 12.8 Å². The number of hydrogen-bond donors (Lipinski definition) is 0. The van der Waals surface area contributed by atoms with Gasteiger partial charge in [-0.1, -0.05) is 17.8 Å². The fourth-order valence-electron chi connectivity index (χ4n) is 1.31. The molecule has 0 unspecified atom stereocenters. The van der Waals surface area contributed by atoms with E-state index in [0.29, 0.717) is 11.4 Å². The van der Waals surface area contributed by atoms with E-state index in [1.165, 1.54) is 0 Å². The monoisotopic (exact) mass is 245 g/mol. The fourth-order valence-corrected chi connectivity index (χ4v) is 2.25. The first-order valence-electron chi connectivity index (χ1n) is 5.05. The molecule has 0 atom stereocenters. The van der Waals surface area contributed by atoms with Crippen LogP contribution in [0.3, 0.4) is 0 Å². The van der Waals surface area contributed by atoms with Crippen LogP contribution in [0.1, 0.15) is 17.1 Å². The predicted molar refractivity (Wildman–Crippen MR) is 64.3 cm³/mol. The second-order valence-corrected chi connectivity index (χ2v) is 4.44. The molecule has 0 N–H and O–H groups in total. The quantitative estimate of drug-likeness (QED) is 0.770. The zero-order valence-electron chi connectivity index (χ0n) is 9.58. The van der Waals surface area contributed by atoms with Crippen LogP contribution in [0.25, 0.3) is 0 Å². The predicted octanol–water partition coefficient (Wildman–Crippen LogP) is 1.68. The van der Waals surface area contributed by atoms with Crippen molar-refractivity contribution in [2.24, 2.45) is 7.05 Å². The van der Waals surface area contributed by atoms with E-state index in [0.717, 1.165) is 16.5 Å². The van der Waals surface area contributed by atoms with E-state index in [9.17, 15) is 0 Å². The van der Waals surface area contributed by atoms with E-state index in [2.05, 4.69) is 21.3 Å². The molecule has 0 radical (unpaired) electrons. The van der Waals surface area contributed by atoms with Gasteiger partial charge in [-0.05, 0) is 18.6 Å². The Morgan fingerprint density at radius 3 is 2.94 bits per heavy atom. The average molecular weight is 245 g/mol. The Labute approximate surface area is 104 Å². The maximum atomic E-state index is 8.92. The number of thioether (sulfide) groups is 1. The van der Waals surface area contributed by atoms with Crippen LogP contribution in [0.15, 0.2) is 23.5 Å². The van der Waals surface area contributed by atoms with E-state index in [-0.39, 0.29) is 0 Å². The first-order chi connectivity index (χ1) is 8.22. The molecule has 2 rings (SSSR count). The third-order valence-electron chi connectivity index (χ3n) is 2.41. The Bertz CT molecular complexity index is 569. The lowest BCUT2D eigenvalue weighted by molar-refractivity contribution is 0.765. The Morgan fingerprint density at radius 1 is 1.47 bits per heavy atom. The van der Waals surface area contributed by atoms with Gasteiger partial charge in [-0.2, -0.15) is 5.26 Å². The van der Waals surface area contributed by atoms with Crippen LogP contribution in [0.5, 0.6) is 0 Å². The largest absolute Gasteiger partial charge is 0.309 e. The van der Waals surface area contributed by atoms with Gasteiger partial charge in [0, 0.05) is 19.0 Å². The molecule has 2 aromatic rings. The van der Waals surface area contributed by atoms with E-state index >= 15 is 0 Å². The average Bonchev–Trinajstić information content (AvgIpc) is 2.68. The number of pyridine rings is 1. The molecule has 2 heterocycles. The molecule has 0 saturated heterocycles. The molecule has 86 valence electrons.